The predicted octanol–water partition coefficient (Wildman–Crippen LogP) is 6.37. The minimum Gasteiger partial charge on any atom is -0.506 e. The van der Waals surface area contributed by atoms with Gasteiger partial charge in [0.05, 0.1) is 23.0 Å². The first-order valence-electron chi connectivity index (χ1n) is 16.9. The minimum absolute atomic E-state index is 0.0521. The molecule has 0 bridgehead atoms. The molecule has 1 aliphatic rings. The second-order valence-electron chi connectivity index (χ2n) is 12.5. The number of nitrogens with zero attached hydrogens (tertiary/aromatic N) is 1. The third-order valence-corrected chi connectivity index (χ3v) is 9.84. The number of phenols is 1. The Kier molecular flexibility index (Phi) is 12.0. The molecule has 0 unspecified atom stereocenters. The first kappa shape index (κ1) is 36.0. The molecule has 0 spiro atoms. The molecule has 5 aromatic rings. The number of aliphatic hydroxyl groups excluding tert-OH is 1. The lowest BCUT2D eigenvalue weighted by molar-refractivity contribution is -0.116. The Morgan fingerprint density at radius 2 is 1.69 bits per heavy atom. The highest BCUT2D eigenvalue weighted by molar-refractivity contribution is 14.1. The van der Waals surface area contributed by atoms with E-state index in [9.17, 15) is 24.6 Å². The van der Waals surface area contributed by atoms with Crippen molar-refractivity contribution in [2.75, 3.05) is 36.8 Å². The number of fused-ring (bicyclic) bond motifs is 1. The molecule has 6 N–H and O–H groups in total. The summed E-state index contributed by atoms with van der Waals surface area (Å²) in [6.45, 7) is 2.84. The van der Waals surface area contributed by atoms with E-state index in [0.29, 0.717) is 54.5 Å². The Bertz CT molecular complexity index is 2050. The molecule has 1 aliphatic heterocycles. The maximum atomic E-state index is 12.8. The number of para-hydroxylation sites is 1. The van der Waals surface area contributed by atoms with Gasteiger partial charge in [0, 0.05) is 59.7 Å². The van der Waals surface area contributed by atoms with Gasteiger partial charge in [-0.2, -0.15) is 0 Å². The number of phenolic OH excluding ortho intramolecular Hbond substituents is 1. The van der Waals surface area contributed by atoms with Crippen molar-refractivity contribution in [2.24, 2.45) is 0 Å². The van der Waals surface area contributed by atoms with Crippen molar-refractivity contribution in [3.8, 4) is 16.9 Å². The normalized spacial score (nSPS) is 14.2. The van der Waals surface area contributed by atoms with E-state index < -0.39 is 12.2 Å². The van der Waals surface area contributed by atoms with Crippen LogP contribution in [-0.2, 0) is 16.1 Å². The molecule has 1 aromatic heterocycles. The summed E-state index contributed by atoms with van der Waals surface area (Å²) in [7, 11) is 0. The summed E-state index contributed by atoms with van der Waals surface area (Å²) in [5, 5.41) is 30.7. The number of aromatic hydroxyl groups is 1. The van der Waals surface area contributed by atoms with Crippen LogP contribution in [0.2, 0.25) is 0 Å². The Balaban J connectivity index is 0.906. The summed E-state index contributed by atoms with van der Waals surface area (Å²) in [6, 6.07) is 29.4. The van der Waals surface area contributed by atoms with Crippen LogP contribution in [0.25, 0.3) is 22.0 Å². The minimum atomic E-state index is -0.859. The van der Waals surface area contributed by atoms with Crippen molar-refractivity contribution in [3.63, 3.8) is 0 Å². The van der Waals surface area contributed by atoms with Crippen LogP contribution in [0.4, 0.5) is 16.2 Å². The van der Waals surface area contributed by atoms with Gasteiger partial charge in [0.2, 0.25) is 11.5 Å². The first-order valence-corrected chi connectivity index (χ1v) is 18.0. The van der Waals surface area contributed by atoms with Crippen LogP contribution < -0.4 is 21.5 Å². The molecular formula is C39H40IN5O6. The predicted molar refractivity (Wildman–Crippen MR) is 207 cm³/mol. The van der Waals surface area contributed by atoms with E-state index in [1.807, 2.05) is 72.8 Å². The van der Waals surface area contributed by atoms with Crippen molar-refractivity contribution in [3.05, 3.63) is 122 Å². The fraction of sp³-hybridized carbons (Fsp3) is 0.256. The lowest BCUT2D eigenvalue weighted by Crippen LogP contribution is -2.39. The summed E-state index contributed by atoms with van der Waals surface area (Å²) in [5.74, 6) is -0.122. The highest BCUT2D eigenvalue weighted by Crippen LogP contribution is 2.30. The molecule has 1 fully saturated rings. The lowest BCUT2D eigenvalue weighted by Gasteiger charge is -2.31. The van der Waals surface area contributed by atoms with Crippen LogP contribution in [-0.4, -0.2) is 64.4 Å². The number of piperidine rings is 1. The summed E-state index contributed by atoms with van der Waals surface area (Å²) in [5.41, 5.74) is 4.94. The van der Waals surface area contributed by atoms with E-state index in [-0.39, 0.29) is 29.9 Å². The Hall–Kier alpha value is -4.76. The molecule has 6 rings (SSSR count). The van der Waals surface area contributed by atoms with E-state index in [0.717, 1.165) is 39.0 Å². The number of carbonyl (C=O) groups excluding carboxylic acids is 2. The Morgan fingerprint density at radius 1 is 0.922 bits per heavy atom. The molecule has 4 aromatic carbocycles. The fourth-order valence-corrected chi connectivity index (χ4v) is 6.97. The first-order chi connectivity index (χ1) is 24.7. The van der Waals surface area contributed by atoms with Crippen LogP contribution in [0.3, 0.4) is 0 Å². The molecule has 2 amide bonds. The number of hydrogen-bond acceptors (Lipinski definition) is 8. The number of benzene rings is 4. The van der Waals surface area contributed by atoms with Crippen LogP contribution in [0.1, 0.15) is 36.5 Å². The molecule has 51 heavy (non-hydrogen) atoms. The Labute approximate surface area is 309 Å². The largest absolute Gasteiger partial charge is 0.506 e. The van der Waals surface area contributed by atoms with Crippen LogP contribution in [0.15, 0.2) is 102 Å². The summed E-state index contributed by atoms with van der Waals surface area (Å²) >= 11 is 2.20. The second-order valence-corrected chi connectivity index (χ2v) is 13.7. The molecule has 12 heteroatoms. The number of aromatic amines is 1. The standard InChI is InChI=1S/C39H40IN5O6/c40-31-22-25(23-41-24-35(47)29-11-14-34(46)38-30(29)12-15-36(48)44-38)10-13-33(31)42-37(49)18-21-45-19-16-27(17-20-45)51-39(50)43-32-9-5-4-8-28(32)26-6-2-1-3-7-26/h1-15,22,27,35,41,46-47H,16-21,23-24H2,(H,42,49)(H,43,50)(H,44,48)/t35-/m1/s1. The van der Waals surface area contributed by atoms with Crippen LogP contribution in [0, 0.1) is 3.57 Å². The number of likely N-dealkylation sites (tertiary alicyclic amines) is 1. The average molecular weight is 802 g/mol. The number of aliphatic hydroxyl groups is 1. The van der Waals surface area contributed by atoms with E-state index in [1.165, 1.54) is 12.1 Å². The summed E-state index contributed by atoms with van der Waals surface area (Å²) in [4.78, 5) is 42.1. The molecule has 2 heterocycles. The second kappa shape index (κ2) is 17.0. The van der Waals surface area contributed by atoms with Gasteiger partial charge >= 0.3 is 6.09 Å². The van der Waals surface area contributed by atoms with Gasteiger partial charge in [0.1, 0.15) is 11.9 Å². The molecular weight excluding hydrogens is 761 g/mol. The molecule has 0 saturated carbocycles. The molecule has 0 aliphatic carbocycles. The quantitative estimate of drug-likeness (QED) is 0.0796. The zero-order valence-electron chi connectivity index (χ0n) is 27.9. The van der Waals surface area contributed by atoms with Crippen LogP contribution >= 0.6 is 22.6 Å². The number of pyridine rings is 1. The van der Waals surface area contributed by atoms with Crippen molar-refractivity contribution in [2.45, 2.75) is 38.0 Å². The molecule has 11 nitrogen and oxygen atoms in total. The highest BCUT2D eigenvalue weighted by atomic mass is 127. The number of rotatable bonds is 12. The number of H-pyrrole nitrogens is 1. The van der Waals surface area contributed by atoms with Crippen molar-refractivity contribution < 1.29 is 24.5 Å². The average Bonchev–Trinajstić information content (AvgIpc) is 3.13. The number of ether oxygens (including phenoxy) is 1. The van der Waals surface area contributed by atoms with Gasteiger partial charge in [-0.05, 0) is 82.5 Å². The zero-order chi connectivity index (χ0) is 35.7. The van der Waals surface area contributed by atoms with Crippen molar-refractivity contribution in [1.82, 2.24) is 15.2 Å². The molecule has 1 saturated heterocycles. The number of anilines is 2. The zero-order valence-corrected chi connectivity index (χ0v) is 30.1. The summed E-state index contributed by atoms with van der Waals surface area (Å²) in [6.07, 6.45) is 0.240. The number of aromatic nitrogens is 1. The SMILES string of the molecule is O=C(CCN1CCC(OC(=O)Nc2ccccc2-c2ccccc2)CC1)Nc1ccc(CNC[C@@H](O)c2ccc(O)c3[nH]c(=O)ccc23)cc1I. The monoisotopic (exact) mass is 801 g/mol. The molecule has 0 radical (unpaired) electrons. The number of hydrogen-bond donors (Lipinski definition) is 6. The van der Waals surface area contributed by atoms with Gasteiger partial charge in [-0.3, -0.25) is 14.9 Å². The van der Waals surface area contributed by atoms with E-state index >= 15 is 0 Å². The number of carbonyl (C=O) groups is 2. The van der Waals surface area contributed by atoms with Gasteiger partial charge in [0.25, 0.3) is 0 Å². The van der Waals surface area contributed by atoms with Crippen molar-refractivity contribution >= 4 is 56.9 Å². The van der Waals surface area contributed by atoms with E-state index in [1.54, 1.807) is 12.1 Å². The maximum absolute atomic E-state index is 12.8. The molecule has 264 valence electrons. The maximum Gasteiger partial charge on any atom is 0.411 e. The van der Waals surface area contributed by atoms with E-state index in [4.69, 9.17) is 4.74 Å². The van der Waals surface area contributed by atoms with Gasteiger partial charge in [-0.1, -0.05) is 60.7 Å². The summed E-state index contributed by atoms with van der Waals surface area (Å²) < 4.78 is 6.65. The van der Waals surface area contributed by atoms with Gasteiger partial charge in [-0.15, -0.1) is 0 Å². The lowest BCUT2D eigenvalue weighted by atomic mass is 10.0. The molecule has 1 atom stereocenters. The van der Waals surface area contributed by atoms with Crippen LogP contribution in [0.5, 0.6) is 5.75 Å². The van der Waals surface area contributed by atoms with E-state index in [2.05, 4.69) is 48.4 Å². The fourth-order valence-electron chi connectivity index (χ4n) is 6.26. The number of nitrogens with one attached hydrogen (secondary N) is 4. The van der Waals surface area contributed by atoms with Gasteiger partial charge in [0.15, 0.2) is 0 Å². The Morgan fingerprint density at radius 3 is 2.47 bits per heavy atom. The van der Waals surface area contributed by atoms with Crippen molar-refractivity contribution in [1.29, 1.82) is 0 Å². The highest BCUT2D eigenvalue weighted by Gasteiger charge is 2.23. The van der Waals surface area contributed by atoms with Gasteiger partial charge < -0.3 is 35.5 Å². The number of halogens is 1. The smallest absolute Gasteiger partial charge is 0.411 e. The number of amides is 2. The van der Waals surface area contributed by atoms with Gasteiger partial charge in [-0.25, -0.2) is 4.79 Å². The third kappa shape index (κ3) is 9.52. The third-order valence-electron chi connectivity index (χ3n) is 8.95. The topological polar surface area (TPSA) is 156 Å².